The Morgan fingerprint density at radius 2 is 2.08 bits per heavy atom. The number of hydrogen-bond donors (Lipinski definition) is 2. The summed E-state index contributed by atoms with van der Waals surface area (Å²) in [4.78, 5) is 13.0. The van der Waals surface area contributed by atoms with Gasteiger partial charge in [-0.05, 0) is 19.4 Å². The lowest BCUT2D eigenvalue weighted by Crippen LogP contribution is -2.12. The molecule has 0 spiro atoms. The molecule has 0 aliphatic heterocycles. The summed E-state index contributed by atoms with van der Waals surface area (Å²) in [7, 11) is 0. The van der Waals surface area contributed by atoms with Gasteiger partial charge in [-0.25, -0.2) is 0 Å². The van der Waals surface area contributed by atoms with E-state index in [0.717, 1.165) is 10.4 Å². The molecule has 0 aromatic carbocycles. The van der Waals surface area contributed by atoms with E-state index in [0.29, 0.717) is 10.4 Å². The highest BCUT2D eigenvalue weighted by atomic mass is 32.1. The van der Waals surface area contributed by atoms with Gasteiger partial charge in [-0.15, -0.1) is 11.3 Å². The molecule has 0 aliphatic carbocycles. The fraction of sp³-hybridized carbons (Fsp3) is 0.250. The first-order valence-electron chi connectivity index (χ1n) is 3.58. The zero-order chi connectivity index (χ0) is 10.2. The summed E-state index contributed by atoms with van der Waals surface area (Å²) < 4.78 is 0. The molecule has 0 fully saturated rings. The Kier molecular flexibility index (Phi) is 3.10. The van der Waals surface area contributed by atoms with E-state index in [1.54, 1.807) is 0 Å². The summed E-state index contributed by atoms with van der Waals surface area (Å²) in [5.41, 5.74) is 7.18. The van der Waals surface area contributed by atoms with Crippen LogP contribution in [-0.4, -0.2) is 10.1 Å². The van der Waals surface area contributed by atoms with Crippen molar-refractivity contribution in [3.05, 3.63) is 20.9 Å². The molecular weight excluding hydrogens is 222 g/mol. The number of rotatable bonds is 2. The molecule has 5 heteroatoms. The third kappa shape index (κ3) is 1.92. The van der Waals surface area contributed by atoms with Crippen LogP contribution in [0.1, 0.15) is 25.7 Å². The third-order valence-corrected chi connectivity index (χ3v) is 3.61. The van der Waals surface area contributed by atoms with Crippen molar-refractivity contribution in [2.24, 2.45) is 5.73 Å². The molecule has 0 aliphatic rings. The van der Waals surface area contributed by atoms with Crippen molar-refractivity contribution < 1.29 is 4.79 Å². The maximum Gasteiger partial charge on any atom is 0.227 e. The molecule has 0 saturated carbocycles. The van der Waals surface area contributed by atoms with Gasteiger partial charge < -0.3 is 5.73 Å². The Morgan fingerprint density at radius 1 is 1.54 bits per heavy atom. The molecule has 0 saturated heterocycles. The van der Waals surface area contributed by atoms with Crippen molar-refractivity contribution in [2.45, 2.75) is 13.8 Å². The molecule has 2 nitrogen and oxygen atoms in total. The highest BCUT2D eigenvalue weighted by molar-refractivity contribution is 7.97. The van der Waals surface area contributed by atoms with Gasteiger partial charge in [-0.1, -0.05) is 24.8 Å². The minimum atomic E-state index is -0.274. The average Bonchev–Trinajstić information content (AvgIpc) is 2.28. The molecule has 0 atom stereocenters. The number of thiophene rings is 1. The van der Waals surface area contributed by atoms with Gasteiger partial charge in [0.15, 0.2) is 0 Å². The van der Waals surface area contributed by atoms with Crippen LogP contribution in [0, 0.1) is 13.8 Å². The zero-order valence-corrected chi connectivity index (χ0v) is 9.78. The number of aryl methyl sites for hydroxylation is 1. The van der Waals surface area contributed by atoms with Gasteiger partial charge in [0.2, 0.25) is 5.12 Å². The zero-order valence-electron chi connectivity index (χ0n) is 7.25. The van der Waals surface area contributed by atoms with Crippen molar-refractivity contribution in [1.29, 1.82) is 0 Å². The first-order valence-corrected chi connectivity index (χ1v) is 5.25. The van der Waals surface area contributed by atoms with E-state index in [2.05, 4.69) is 12.6 Å². The van der Waals surface area contributed by atoms with Gasteiger partial charge >= 0.3 is 0 Å². The fourth-order valence-corrected chi connectivity index (χ4v) is 2.66. The molecule has 13 heavy (non-hydrogen) atoms. The summed E-state index contributed by atoms with van der Waals surface area (Å²) in [6, 6.07) is 0. The minimum Gasteiger partial charge on any atom is -0.389 e. The predicted octanol–water partition coefficient (Wildman–Crippen LogP) is 2.07. The monoisotopic (exact) mass is 231 g/mol. The number of thiocarbonyl (C=S) groups is 1. The standard InChI is InChI=1S/C8H9NOS3/c1-3-4(2)13-6(8(10)12)5(3)7(9)11/h1-2H3,(H2,9,11)(H,10,12). The van der Waals surface area contributed by atoms with Gasteiger partial charge in [-0.3, -0.25) is 4.79 Å². The van der Waals surface area contributed by atoms with E-state index in [-0.39, 0.29) is 10.1 Å². The second kappa shape index (κ2) is 3.77. The van der Waals surface area contributed by atoms with Crippen LogP contribution >= 0.6 is 36.2 Å². The van der Waals surface area contributed by atoms with Crippen molar-refractivity contribution in [3.63, 3.8) is 0 Å². The van der Waals surface area contributed by atoms with Crippen molar-refractivity contribution in [1.82, 2.24) is 0 Å². The minimum absolute atomic E-state index is 0.263. The number of carbonyl (C=O) groups excluding carboxylic acids is 1. The Labute approximate surface area is 91.5 Å². The highest BCUT2D eigenvalue weighted by Gasteiger charge is 2.17. The third-order valence-electron chi connectivity index (χ3n) is 1.83. The first-order chi connectivity index (χ1) is 5.95. The number of thiol groups is 1. The van der Waals surface area contributed by atoms with Gasteiger partial charge in [0.1, 0.15) is 4.99 Å². The van der Waals surface area contributed by atoms with Crippen LogP contribution in [0.2, 0.25) is 0 Å². The Morgan fingerprint density at radius 3 is 2.38 bits per heavy atom. The van der Waals surface area contributed by atoms with E-state index < -0.39 is 0 Å². The normalized spacial score (nSPS) is 10.1. The number of carbonyl (C=O) groups is 1. The maximum atomic E-state index is 11.1. The highest BCUT2D eigenvalue weighted by Crippen LogP contribution is 2.28. The van der Waals surface area contributed by atoms with Crippen molar-refractivity contribution in [2.75, 3.05) is 0 Å². The van der Waals surface area contributed by atoms with Crippen LogP contribution in [0.25, 0.3) is 0 Å². The van der Waals surface area contributed by atoms with Gasteiger partial charge in [0.05, 0.1) is 4.88 Å². The molecule has 0 radical (unpaired) electrons. The van der Waals surface area contributed by atoms with Crippen LogP contribution in [0.5, 0.6) is 0 Å². The summed E-state index contributed by atoms with van der Waals surface area (Å²) >= 11 is 10.0. The average molecular weight is 231 g/mol. The summed E-state index contributed by atoms with van der Waals surface area (Å²) in [6.07, 6.45) is 0. The van der Waals surface area contributed by atoms with Gasteiger partial charge in [0, 0.05) is 10.4 Å². The summed E-state index contributed by atoms with van der Waals surface area (Å²) in [6.45, 7) is 3.84. The Balaban J connectivity index is 3.44. The quantitative estimate of drug-likeness (QED) is 0.605. The van der Waals surface area contributed by atoms with Crippen LogP contribution in [0.15, 0.2) is 0 Å². The fourth-order valence-electron chi connectivity index (χ4n) is 1.07. The summed E-state index contributed by atoms with van der Waals surface area (Å²) in [5, 5.41) is -0.274. The lowest BCUT2D eigenvalue weighted by molar-refractivity contribution is 0.109. The maximum absolute atomic E-state index is 11.1. The predicted molar refractivity (Wildman–Crippen MR) is 63.0 cm³/mol. The van der Waals surface area contributed by atoms with Crippen molar-refractivity contribution in [3.8, 4) is 0 Å². The van der Waals surface area contributed by atoms with Crippen LogP contribution in [0.3, 0.4) is 0 Å². The van der Waals surface area contributed by atoms with Crippen LogP contribution < -0.4 is 5.73 Å². The van der Waals surface area contributed by atoms with Gasteiger partial charge in [-0.2, -0.15) is 0 Å². The Hall–Kier alpha value is -0.390. The second-order valence-electron chi connectivity index (χ2n) is 2.66. The lowest BCUT2D eigenvalue weighted by atomic mass is 10.1. The molecule has 1 aromatic heterocycles. The second-order valence-corrected chi connectivity index (χ2v) is 4.73. The lowest BCUT2D eigenvalue weighted by Gasteiger charge is -1.98. The largest absolute Gasteiger partial charge is 0.389 e. The van der Waals surface area contributed by atoms with Crippen LogP contribution in [-0.2, 0) is 0 Å². The van der Waals surface area contributed by atoms with Crippen LogP contribution in [0.4, 0.5) is 0 Å². The molecule has 70 valence electrons. The SMILES string of the molecule is Cc1sc(C(=O)S)c(C(N)=S)c1C. The number of hydrogen-bond acceptors (Lipinski definition) is 3. The van der Waals surface area contributed by atoms with E-state index >= 15 is 0 Å². The molecule has 0 unspecified atom stereocenters. The molecule has 1 rings (SSSR count). The van der Waals surface area contributed by atoms with E-state index in [4.69, 9.17) is 18.0 Å². The molecule has 1 aromatic rings. The van der Waals surface area contributed by atoms with Crippen molar-refractivity contribution >= 4 is 46.3 Å². The molecule has 2 N–H and O–H groups in total. The number of nitrogens with two attached hydrogens (primary N) is 1. The smallest absolute Gasteiger partial charge is 0.227 e. The van der Waals surface area contributed by atoms with Gasteiger partial charge in [0.25, 0.3) is 0 Å². The molecule has 0 bridgehead atoms. The van der Waals surface area contributed by atoms with E-state index in [9.17, 15) is 4.79 Å². The summed E-state index contributed by atoms with van der Waals surface area (Å²) in [5.74, 6) is 0. The Bertz CT molecular complexity index is 381. The first kappa shape index (κ1) is 10.7. The topological polar surface area (TPSA) is 43.1 Å². The van der Waals surface area contributed by atoms with E-state index in [1.807, 2.05) is 13.8 Å². The molecule has 0 amide bonds. The molecular formula is C8H9NOS3. The molecule has 1 heterocycles. The van der Waals surface area contributed by atoms with E-state index in [1.165, 1.54) is 11.3 Å².